The summed E-state index contributed by atoms with van der Waals surface area (Å²) in [5.74, 6) is -1.38. The highest BCUT2D eigenvalue weighted by Gasteiger charge is 2.13. The number of phenolic OH excluding ortho intramolecular Hbond substituents is 2. The number of benzene rings is 2. The van der Waals surface area contributed by atoms with Crippen molar-refractivity contribution in [2.75, 3.05) is 10.6 Å². The molecule has 6 heteroatoms. The molecule has 22 heavy (non-hydrogen) atoms. The van der Waals surface area contributed by atoms with E-state index in [9.17, 15) is 19.8 Å². The number of anilines is 2. The van der Waals surface area contributed by atoms with Gasteiger partial charge >= 0.3 is 0 Å². The summed E-state index contributed by atoms with van der Waals surface area (Å²) in [4.78, 5) is 23.2. The molecule has 114 valence electrons. The number of hydrogen-bond donors (Lipinski definition) is 4. The first-order valence-electron chi connectivity index (χ1n) is 6.58. The van der Waals surface area contributed by atoms with Crippen LogP contribution in [0.2, 0.25) is 0 Å². The van der Waals surface area contributed by atoms with Gasteiger partial charge in [-0.15, -0.1) is 0 Å². The molecule has 2 amide bonds. The predicted octanol–water partition coefficient (Wildman–Crippen LogP) is 2.62. The second kappa shape index (κ2) is 6.17. The van der Waals surface area contributed by atoms with Gasteiger partial charge in [0.2, 0.25) is 5.91 Å². The van der Waals surface area contributed by atoms with Crippen molar-refractivity contribution in [3.8, 4) is 11.5 Å². The fourth-order valence-electron chi connectivity index (χ4n) is 1.87. The zero-order valence-corrected chi connectivity index (χ0v) is 12.2. The van der Waals surface area contributed by atoms with Gasteiger partial charge in [-0.25, -0.2) is 0 Å². The summed E-state index contributed by atoms with van der Waals surface area (Å²) in [7, 11) is 0. The Morgan fingerprint density at radius 2 is 1.45 bits per heavy atom. The van der Waals surface area contributed by atoms with E-state index in [1.54, 1.807) is 24.3 Å². The quantitative estimate of drug-likeness (QED) is 0.517. The normalized spacial score (nSPS) is 10.1. The summed E-state index contributed by atoms with van der Waals surface area (Å²) in [5.41, 5.74) is 1.65. The summed E-state index contributed by atoms with van der Waals surface area (Å²) in [6.07, 6.45) is 0. The van der Waals surface area contributed by atoms with Crippen LogP contribution in [0.15, 0.2) is 36.4 Å². The molecule has 0 saturated carbocycles. The number of nitrogens with one attached hydrogen (secondary N) is 2. The highest BCUT2D eigenvalue weighted by atomic mass is 16.3. The Bertz CT molecular complexity index is 724. The van der Waals surface area contributed by atoms with Crippen molar-refractivity contribution in [1.82, 2.24) is 0 Å². The maximum absolute atomic E-state index is 12.1. The minimum atomic E-state index is -0.408. The van der Waals surface area contributed by atoms with Crippen molar-refractivity contribution < 1.29 is 19.8 Å². The molecule has 2 aromatic carbocycles. The van der Waals surface area contributed by atoms with E-state index in [-0.39, 0.29) is 28.8 Å². The molecular weight excluding hydrogens is 284 g/mol. The number of rotatable bonds is 3. The summed E-state index contributed by atoms with van der Waals surface area (Å²) in [6, 6.07) is 9.27. The van der Waals surface area contributed by atoms with E-state index in [0.29, 0.717) is 5.56 Å². The molecule has 0 atom stereocenters. The van der Waals surface area contributed by atoms with Gasteiger partial charge in [0.25, 0.3) is 5.91 Å². The Hall–Kier alpha value is -3.02. The van der Waals surface area contributed by atoms with Crippen LogP contribution in [0, 0.1) is 6.92 Å². The Morgan fingerprint density at radius 3 is 2.00 bits per heavy atom. The van der Waals surface area contributed by atoms with Crippen molar-refractivity contribution >= 4 is 23.2 Å². The van der Waals surface area contributed by atoms with Crippen LogP contribution in [-0.4, -0.2) is 22.0 Å². The molecule has 2 rings (SSSR count). The van der Waals surface area contributed by atoms with Gasteiger partial charge in [0.1, 0.15) is 11.5 Å². The van der Waals surface area contributed by atoms with Crippen LogP contribution in [0.4, 0.5) is 11.4 Å². The largest absolute Gasteiger partial charge is 0.506 e. The van der Waals surface area contributed by atoms with Gasteiger partial charge in [-0.1, -0.05) is 17.7 Å². The highest BCUT2D eigenvalue weighted by molar-refractivity contribution is 6.05. The minimum Gasteiger partial charge on any atom is -0.506 e. The second-order valence-corrected chi connectivity index (χ2v) is 4.89. The van der Waals surface area contributed by atoms with Crippen LogP contribution in [0.3, 0.4) is 0 Å². The van der Waals surface area contributed by atoms with Crippen molar-refractivity contribution in [2.45, 2.75) is 13.8 Å². The number of carbonyl (C=O) groups excluding carboxylic acids is 2. The van der Waals surface area contributed by atoms with Gasteiger partial charge in [0.15, 0.2) is 0 Å². The fourth-order valence-corrected chi connectivity index (χ4v) is 1.87. The Morgan fingerprint density at radius 1 is 0.909 bits per heavy atom. The lowest BCUT2D eigenvalue weighted by atomic mass is 10.1. The monoisotopic (exact) mass is 300 g/mol. The van der Waals surface area contributed by atoms with Crippen LogP contribution < -0.4 is 10.6 Å². The van der Waals surface area contributed by atoms with Gasteiger partial charge in [-0.05, 0) is 25.1 Å². The highest BCUT2D eigenvalue weighted by Crippen LogP contribution is 2.35. The smallest absolute Gasteiger partial charge is 0.255 e. The van der Waals surface area contributed by atoms with E-state index in [1.165, 1.54) is 13.0 Å². The minimum absolute atomic E-state index is 0.0899. The number of amides is 2. The van der Waals surface area contributed by atoms with Gasteiger partial charge in [-0.2, -0.15) is 0 Å². The molecule has 0 radical (unpaired) electrons. The fraction of sp³-hybridized carbons (Fsp3) is 0.125. The van der Waals surface area contributed by atoms with E-state index < -0.39 is 5.91 Å². The number of phenols is 2. The molecular formula is C16H16N2O4. The molecule has 6 nitrogen and oxygen atoms in total. The standard InChI is InChI=1S/C16H16N2O4/c1-9-3-5-11(6-4-9)16(22)18-13-7-12(17-10(2)19)14(20)8-15(13)21/h3-8,20-21H,1-2H3,(H,17,19)(H,18,22). The van der Waals surface area contributed by atoms with E-state index in [4.69, 9.17) is 0 Å². The molecule has 0 spiro atoms. The molecule has 0 saturated heterocycles. The van der Waals surface area contributed by atoms with Gasteiger partial charge in [0, 0.05) is 18.6 Å². The summed E-state index contributed by atoms with van der Waals surface area (Å²) < 4.78 is 0. The van der Waals surface area contributed by atoms with Crippen molar-refractivity contribution in [2.24, 2.45) is 0 Å². The van der Waals surface area contributed by atoms with E-state index >= 15 is 0 Å². The molecule has 4 N–H and O–H groups in total. The zero-order valence-electron chi connectivity index (χ0n) is 12.2. The lowest BCUT2D eigenvalue weighted by molar-refractivity contribution is -0.114. The first kappa shape index (κ1) is 15.4. The Kier molecular flexibility index (Phi) is 4.31. The van der Waals surface area contributed by atoms with Crippen LogP contribution in [0.5, 0.6) is 11.5 Å². The molecule has 2 aromatic rings. The number of aryl methyl sites for hydroxylation is 1. The third-order valence-electron chi connectivity index (χ3n) is 2.99. The van der Waals surface area contributed by atoms with Crippen LogP contribution in [0.1, 0.15) is 22.8 Å². The van der Waals surface area contributed by atoms with Crippen LogP contribution in [0.25, 0.3) is 0 Å². The van der Waals surface area contributed by atoms with E-state index in [0.717, 1.165) is 11.6 Å². The van der Waals surface area contributed by atoms with E-state index in [1.807, 2.05) is 6.92 Å². The van der Waals surface area contributed by atoms with Crippen molar-refractivity contribution in [3.05, 3.63) is 47.5 Å². The molecule has 0 aliphatic heterocycles. The van der Waals surface area contributed by atoms with E-state index in [2.05, 4.69) is 10.6 Å². The SMILES string of the molecule is CC(=O)Nc1cc(NC(=O)c2ccc(C)cc2)c(O)cc1O. The molecule has 0 heterocycles. The van der Waals surface area contributed by atoms with Gasteiger partial charge in [-0.3, -0.25) is 9.59 Å². The number of aromatic hydroxyl groups is 2. The van der Waals surface area contributed by atoms with Crippen LogP contribution >= 0.6 is 0 Å². The molecule has 0 unspecified atom stereocenters. The van der Waals surface area contributed by atoms with Crippen LogP contribution in [-0.2, 0) is 4.79 Å². The second-order valence-electron chi connectivity index (χ2n) is 4.89. The number of hydrogen-bond acceptors (Lipinski definition) is 4. The summed E-state index contributed by atoms with van der Waals surface area (Å²) in [6.45, 7) is 3.20. The third-order valence-corrected chi connectivity index (χ3v) is 2.99. The Balaban J connectivity index is 2.26. The first-order valence-corrected chi connectivity index (χ1v) is 6.58. The lowest BCUT2D eigenvalue weighted by Gasteiger charge is -2.11. The first-order chi connectivity index (χ1) is 10.4. The van der Waals surface area contributed by atoms with Gasteiger partial charge in [0.05, 0.1) is 11.4 Å². The maximum Gasteiger partial charge on any atom is 0.255 e. The number of carbonyl (C=O) groups is 2. The van der Waals surface area contributed by atoms with Crippen molar-refractivity contribution in [1.29, 1.82) is 0 Å². The predicted molar refractivity (Wildman–Crippen MR) is 83.2 cm³/mol. The summed E-state index contributed by atoms with van der Waals surface area (Å²) >= 11 is 0. The maximum atomic E-state index is 12.1. The molecule has 0 fully saturated rings. The topological polar surface area (TPSA) is 98.7 Å². The molecule has 0 aliphatic rings. The lowest BCUT2D eigenvalue weighted by Crippen LogP contribution is -2.13. The summed E-state index contributed by atoms with van der Waals surface area (Å²) in [5, 5.41) is 24.4. The molecule has 0 aromatic heterocycles. The molecule has 0 aliphatic carbocycles. The average molecular weight is 300 g/mol. The Labute approximate surface area is 127 Å². The zero-order chi connectivity index (χ0) is 16.3. The average Bonchev–Trinajstić information content (AvgIpc) is 2.44. The van der Waals surface area contributed by atoms with Crippen molar-refractivity contribution in [3.63, 3.8) is 0 Å². The van der Waals surface area contributed by atoms with Gasteiger partial charge < -0.3 is 20.8 Å². The molecule has 0 bridgehead atoms. The third kappa shape index (κ3) is 3.54.